The van der Waals surface area contributed by atoms with Gasteiger partial charge in [0.05, 0.1) is 33.0 Å². The monoisotopic (exact) mass is 634 g/mol. The van der Waals surface area contributed by atoms with E-state index in [0.29, 0.717) is 58.2 Å². The first-order valence-corrected chi connectivity index (χ1v) is 14.2. The molecule has 0 bridgehead atoms. The summed E-state index contributed by atoms with van der Waals surface area (Å²) in [6.45, 7) is 4.27. The van der Waals surface area contributed by atoms with Gasteiger partial charge in [0.1, 0.15) is 17.4 Å². The number of thioether (sulfide) groups is 1. The third-order valence-electron chi connectivity index (χ3n) is 6.52. The molecule has 0 radical (unpaired) electrons. The van der Waals surface area contributed by atoms with Crippen molar-refractivity contribution in [2.45, 2.75) is 11.1 Å². The molecule has 3 aromatic rings. The molecule has 0 atom stereocenters. The number of amides is 2. The van der Waals surface area contributed by atoms with E-state index in [-0.39, 0.29) is 11.4 Å². The standard InChI is InChI=1S/C29H33F3N6O5S/c1-40-24-7-6-19(15-22(24)29(30,31)32)36-28(39)35-18-4-3-5-20(14-18)44-27(37-34)21-16-25(41-2)26(17-23(21)33)43-13-10-38-8-11-42-12-9-38/h3-7,14-17H,8-13,33-34H2,1-2H3,(H2,35,36,39). The van der Waals surface area contributed by atoms with Gasteiger partial charge >= 0.3 is 12.2 Å². The number of hydrogen-bond donors (Lipinski definition) is 4. The zero-order valence-corrected chi connectivity index (χ0v) is 24.9. The number of nitrogen functional groups attached to an aromatic ring is 1. The molecule has 6 N–H and O–H groups in total. The fourth-order valence-corrected chi connectivity index (χ4v) is 5.24. The highest BCUT2D eigenvalue weighted by molar-refractivity contribution is 8.14. The smallest absolute Gasteiger partial charge is 0.420 e. The van der Waals surface area contributed by atoms with Gasteiger partial charge in [-0.1, -0.05) is 17.8 Å². The van der Waals surface area contributed by atoms with Gasteiger partial charge in [0.15, 0.2) is 11.5 Å². The van der Waals surface area contributed by atoms with Crippen molar-refractivity contribution < 1.29 is 36.9 Å². The maximum atomic E-state index is 13.3. The summed E-state index contributed by atoms with van der Waals surface area (Å²) in [5, 5.41) is 9.30. The summed E-state index contributed by atoms with van der Waals surface area (Å²) in [6, 6.07) is 12.6. The van der Waals surface area contributed by atoms with E-state index in [9.17, 15) is 18.0 Å². The van der Waals surface area contributed by atoms with Gasteiger partial charge in [0, 0.05) is 53.2 Å². The van der Waals surface area contributed by atoms with Crippen LogP contribution in [0.3, 0.4) is 0 Å². The number of anilines is 3. The van der Waals surface area contributed by atoms with E-state index >= 15 is 0 Å². The van der Waals surface area contributed by atoms with E-state index in [2.05, 4.69) is 20.6 Å². The number of benzene rings is 3. The number of nitrogens with one attached hydrogen (secondary N) is 2. The molecule has 236 valence electrons. The Morgan fingerprint density at radius 2 is 1.70 bits per heavy atom. The summed E-state index contributed by atoms with van der Waals surface area (Å²) < 4.78 is 61.7. The van der Waals surface area contributed by atoms with Crippen molar-refractivity contribution >= 4 is 39.9 Å². The van der Waals surface area contributed by atoms with E-state index in [1.165, 1.54) is 24.9 Å². The van der Waals surface area contributed by atoms with E-state index in [1.54, 1.807) is 36.4 Å². The number of nitrogens with two attached hydrogens (primary N) is 2. The second kappa shape index (κ2) is 14.9. The molecule has 1 aliphatic rings. The first kappa shape index (κ1) is 32.6. The molecule has 4 rings (SSSR count). The van der Waals surface area contributed by atoms with Crippen LogP contribution < -0.4 is 36.4 Å². The van der Waals surface area contributed by atoms with Crippen LogP contribution in [-0.4, -0.2) is 69.6 Å². The molecule has 0 saturated carbocycles. The van der Waals surface area contributed by atoms with Gasteiger partial charge in [-0.25, -0.2) is 4.79 Å². The van der Waals surface area contributed by atoms with E-state index < -0.39 is 17.8 Å². The SMILES string of the molecule is COc1cc(C(=NN)Sc2cccc(NC(=O)Nc3ccc(OC)c(C(F)(F)F)c3)c2)c(N)cc1OCCN1CCOCC1. The van der Waals surface area contributed by atoms with Crippen LogP contribution in [0, 0.1) is 0 Å². The molecule has 0 aliphatic carbocycles. The normalized spacial score (nSPS) is 14.2. The molecule has 1 saturated heterocycles. The van der Waals surface area contributed by atoms with Crippen LogP contribution >= 0.6 is 11.8 Å². The molecule has 2 amide bonds. The van der Waals surface area contributed by atoms with Gasteiger partial charge in [-0.3, -0.25) is 4.90 Å². The van der Waals surface area contributed by atoms with Crippen LogP contribution in [0.1, 0.15) is 11.1 Å². The molecule has 1 fully saturated rings. The van der Waals surface area contributed by atoms with Crippen molar-refractivity contribution in [2.75, 3.05) is 70.0 Å². The number of hydrogen-bond acceptors (Lipinski definition) is 10. The number of morpholine rings is 1. The number of alkyl halides is 3. The van der Waals surface area contributed by atoms with Crippen LogP contribution in [0.5, 0.6) is 17.2 Å². The largest absolute Gasteiger partial charge is 0.496 e. The average molecular weight is 635 g/mol. The number of halogens is 3. The molecule has 3 aromatic carbocycles. The van der Waals surface area contributed by atoms with Crippen molar-refractivity contribution in [1.82, 2.24) is 4.90 Å². The Kier molecular flexibility index (Phi) is 11.0. The lowest BCUT2D eigenvalue weighted by atomic mass is 10.1. The summed E-state index contributed by atoms with van der Waals surface area (Å²) in [7, 11) is 2.66. The molecular formula is C29H33F3N6O5S. The van der Waals surface area contributed by atoms with Crippen LogP contribution in [0.25, 0.3) is 0 Å². The van der Waals surface area contributed by atoms with Crippen molar-refractivity contribution in [3.05, 3.63) is 65.7 Å². The maximum absolute atomic E-state index is 13.3. The molecule has 0 aromatic heterocycles. The van der Waals surface area contributed by atoms with Gasteiger partial charge in [-0.15, -0.1) is 0 Å². The highest BCUT2D eigenvalue weighted by Gasteiger charge is 2.34. The van der Waals surface area contributed by atoms with Crippen molar-refractivity contribution in [3.8, 4) is 17.2 Å². The van der Waals surface area contributed by atoms with Gasteiger partial charge < -0.3 is 41.2 Å². The number of hydrazone groups is 1. The molecule has 44 heavy (non-hydrogen) atoms. The zero-order chi connectivity index (χ0) is 31.7. The molecular weight excluding hydrogens is 601 g/mol. The number of carbonyl (C=O) groups is 1. The highest BCUT2D eigenvalue weighted by Crippen LogP contribution is 2.38. The van der Waals surface area contributed by atoms with Crippen molar-refractivity contribution in [2.24, 2.45) is 10.9 Å². The fourth-order valence-electron chi connectivity index (χ4n) is 4.34. The molecule has 11 nitrogen and oxygen atoms in total. The third kappa shape index (κ3) is 8.61. The van der Waals surface area contributed by atoms with Crippen LogP contribution in [-0.2, 0) is 10.9 Å². The number of urea groups is 1. The van der Waals surface area contributed by atoms with Crippen LogP contribution in [0.2, 0.25) is 0 Å². The zero-order valence-electron chi connectivity index (χ0n) is 24.1. The predicted octanol–water partition coefficient (Wildman–Crippen LogP) is 5.07. The Morgan fingerprint density at radius 1 is 1.00 bits per heavy atom. The number of nitrogens with zero attached hydrogens (tertiary/aromatic N) is 2. The van der Waals surface area contributed by atoms with E-state index in [4.69, 9.17) is 30.5 Å². The summed E-state index contributed by atoms with van der Waals surface area (Å²) in [5.74, 6) is 6.33. The summed E-state index contributed by atoms with van der Waals surface area (Å²) >= 11 is 1.19. The Morgan fingerprint density at radius 3 is 2.36 bits per heavy atom. The van der Waals surface area contributed by atoms with Gasteiger partial charge in [0.25, 0.3) is 0 Å². The Hall–Kier alpha value is -4.34. The van der Waals surface area contributed by atoms with Gasteiger partial charge in [0.2, 0.25) is 0 Å². The average Bonchev–Trinajstić information content (AvgIpc) is 3.00. The van der Waals surface area contributed by atoms with Gasteiger partial charge in [-0.2, -0.15) is 18.3 Å². The fraction of sp³-hybridized carbons (Fsp3) is 0.310. The Labute approximate surface area is 256 Å². The lowest BCUT2D eigenvalue weighted by molar-refractivity contribution is -0.138. The molecule has 1 heterocycles. The topological polar surface area (TPSA) is 146 Å². The first-order valence-electron chi connectivity index (χ1n) is 13.4. The number of ether oxygens (including phenoxy) is 4. The summed E-state index contributed by atoms with van der Waals surface area (Å²) in [5.41, 5.74) is 6.56. The molecule has 1 aliphatic heterocycles. The number of methoxy groups -OCH3 is 2. The lowest BCUT2D eigenvalue weighted by Crippen LogP contribution is -2.38. The number of rotatable bonds is 10. The predicted molar refractivity (Wildman–Crippen MR) is 164 cm³/mol. The second-order valence-corrected chi connectivity index (χ2v) is 10.5. The minimum atomic E-state index is -4.66. The number of carbonyl (C=O) groups excluding carboxylic acids is 1. The maximum Gasteiger partial charge on any atom is 0.420 e. The molecule has 0 unspecified atom stereocenters. The van der Waals surface area contributed by atoms with Crippen molar-refractivity contribution in [3.63, 3.8) is 0 Å². The minimum Gasteiger partial charge on any atom is -0.496 e. The third-order valence-corrected chi connectivity index (χ3v) is 7.53. The molecule has 0 spiro atoms. The summed E-state index contributed by atoms with van der Waals surface area (Å²) in [4.78, 5) is 15.5. The Bertz CT molecular complexity index is 1480. The molecule has 15 heteroatoms. The van der Waals surface area contributed by atoms with Crippen LogP contribution in [0.4, 0.5) is 35.0 Å². The summed E-state index contributed by atoms with van der Waals surface area (Å²) in [6.07, 6.45) is -4.66. The van der Waals surface area contributed by atoms with Crippen LogP contribution in [0.15, 0.2) is 64.6 Å². The van der Waals surface area contributed by atoms with Gasteiger partial charge in [-0.05, 0) is 42.5 Å². The highest BCUT2D eigenvalue weighted by atomic mass is 32.2. The quantitative estimate of drug-likeness (QED) is 0.0600. The van der Waals surface area contributed by atoms with E-state index in [0.717, 1.165) is 38.9 Å². The van der Waals surface area contributed by atoms with E-state index in [1.807, 2.05) is 0 Å². The first-order chi connectivity index (χ1) is 21.1. The minimum absolute atomic E-state index is 0.0587. The van der Waals surface area contributed by atoms with Crippen molar-refractivity contribution in [1.29, 1.82) is 0 Å². The Balaban J connectivity index is 1.41. The lowest BCUT2D eigenvalue weighted by Gasteiger charge is -2.26. The second-order valence-electron chi connectivity index (χ2n) is 9.45.